The van der Waals surface area contributed by atoms with Gasteiger partial charge in [-0.3, -0.25) is 0 Å². The summed E-state index contributed by atoms with van der Waals surface area (Å²) in [4.78, 5) is 0. The van der Waals surface area contributed by atoms with Crippen LogP contribution in [0.5, 0.6) is 11.5 Å². The molecule has 0 spiro atoms. The van der Waals surface area contributed by atoms with Crippen molar-refractivity contribution in [3.05, 3.63) is 67.6 Å². The molecule has 0 aromatic heterocycles. The van der Waals surface area contributed by atoms with E-state index in [2.05, 4.69) is 33.4 Å². The highest BCUT2D eigenvalue weighted by molar-refractivity contribution is 9.10. The van der Waals surface area contributed by atoms with Gasteiger partial charge in [-0.05, 0) is 90.0 Å². The van der Waals surface area contributed by atoms with Crippen molar-refractivity contribution in [2.45, 2.75) is 45.3 Å². The summed E-state index contributed by atoms with van der Waals surface area (Å²) in [7, 11) is 1.65. The molecule has 1 N–H and O–H groups in total. The van der Waals surface area contributed by atoms with Crippen molar-refractivity contribution < 1.29 is 9.47 Å². The minimum Gasteiger partial charge on any atom is -0.493 e. The van der Waals surface area contributed by atoms with Crippen molar-refractivity contribution >= 4 is 51.5 Å². The van der Waals surface area contributed by atoms with Gasteiger partial charge < -0.3 is 14.8 Å². The van der Waals surface area contributed by atoms with Crippen LogP contribution in [-0.2, 0) is 13.2 Å². The first-order valence-electron chi connectivity index (χ1n) is 9.88. The van der Waals surface area contributed by atoms with E-state index in [4.69, 9.17) is 32.7 Å². The van der Waals surface area contributed by atoms with E-state index >= 15 is 0 Å². The summed E-state index contributed by atoms with van der Waals surface area (Å²) in [6, 6.07) is 9.56. The van der Waals surface area contributed by atoms with E-state index < -0.39 is 0 Å². The van der Waals surface area contributed by atoms with Crippen molar-refractivity contribution in [3.63, 3.8) is 0 Å². The van der Waals surface area contributed by atoms with Gasteiger partial charge in [-0.15, -0.1) is 12.4 Å². The summed E-state index contributed by atoms with van der Waals surface area (Å²) in [5.41, 5.74) is 3.68. The zero-order chi connectivity index (χ0) is 20.6. The highest BCUT2D eigenvalue weighted by Gasteiger charge is 2.13. The molecule has 0 fully saturated rings. The molecule has 0 unspecified atom stereocenters. The van der Waals surface area contributed by atoms with Crippen LogP contribution in [0.15, 0.2) is 46.5 Å². The van der Waals surface area contributed by atoms with E-state index in [9.17, 15) is 0 Å². The van der Waals surface area contributed by atoms with E-state index in [0.29, 0.717) is 28.2 Å². The zero-order valence-electron chi connectivity index (χ0n) is 17.0. The molecule has 0 aliphatic heterocycles. The van der Waals surface area contributed by atoms with Crippen molar-refractivity contribution in [1.29, 1.82) is 0 Å². The van der Waals surface area contributed by atoms with Crippen molar-refractivity contribution in [2.75, 3.05) is 13.7 Å². The standard InChI is InChI=1S/C23H26BrCl2NO2.ClH/c1-28-22-13-18(14-27-10-9-16-5-3-2-4-6-16)11-19(24)23(22)29-15-17-7-8-20(25)21(26)12-17;/h5,7-8,11-13,27H,2-4,6,9-10,14-15H2,1H3;1H. The molecule has 7 heteroatoms. The Kier molecular flexibility index (Phi) is 10.8. The smallest absolute Gasteiger partial charge is 0.175 e. The number of benzene rings is 2. The first-order valence-corrected chi connectivity index (χ1v) is 11.4. The molecule has 3 nitrogen and oxygen atoms in total. The van der Waals surface area contributed by atoms with Gasteiger partial charge in [0, 0.05) is 6.54 Å². The van der Waals surface area contributed by atoms with Gasteiger partial charge in [0.2, 0.25) is 0 Å². The Bertz CT molecular complexity index is 874. The van der Waals surface area contributed by atoms with E-state index in [0.717, 1.165) is 35.1 Å². The van der Waals surface area contributed by atoms with Crippen LogP contribution < -0.4 is 14.8 Å². The lowest BCUT2D eigenvalue weighted by Crippen LogP contribution is -2.16. The van der Waals surface area contributed by atoms with E-state index in [1.807, 2.05) is 18.2 Å². The van der Waals surface area contributed by atoms with Gasteiger partial charge in [0.25, 0.3) is 0 Å². The fourth-order valence-electron chi connectivity index (χ4n) is 3.41. The number of methoxy groups -OCH3 is 1. The van der Waals surface area contributed by atoms with Crippen LogP contribution in [-0.4, -0.2) is 13.7 Å². The number of rotatable bonds is 9. The van der Waals surface area contributed by atoms with Gasteiger partial charge >= 0.3 is 0 Å². The Morgan fingerprint density at radius 1 is 1.07 bits per heavy atom. The molecular formula is C23H27BrCl3NO2. The Labute approximate surface area is 203 Å². The van der Waals surface area contributed by atoms with Gasteiger partial charge in [0.1, 0.15) is 6.61 Å². The van der Waals surface area contributed by atoms with Crippen LogP contribution in [0, 0.1) is 0 Å². The second-order valence-corrected chi connectivity index (χ2v) is 8.85. The Balaban J connectivity index is 0.00000320. The minimum absolute atomic E-state index is 0. The highest BCUT2D eigenvalue weighted by Crippen LogP contribution is 2.37. The molecule has 30 heavy (non-hydrogen) atoms. The number of halogens is 4. The molecule has 0 heterocycles. The second-order valence-electron chi connectivity index (χ2n) is 7.18. The molecule has 2 aromatic carbocycles. The first-order chi connectivity index (χ1) is 14.1. The lowest BCUT2D eigenvalue weighted by atomic mass is 9.97. The second kappa shape index (κ2) is 12.8. The molecule has 0 atom stereocenters. The van der Waals surface area contributed by atoms with E-state index in [-0.39, 0.29) is 12.4 Å². The number of hydrogen-bond donors (Lipinski definition) is 1. The summed E-state index contributed by atoms with van der Waals surface area (Å²) >= 11 is 15.7. The van der Waals surface area contributed by atoms with Gasteiger partial charge in [-0.1, -0.05) is 40.9 Å². The molecule has 0 bridgehead atoms. The number of nitrogens with one attached hydrogen (secondary N) is 1. The molecular weight excluding hydrogens is 509 g/mol. The third kappa shape index (κ3) is 7.35. The van der Waals surface area contributed by atoms with Crippen LogP contribution >= 0.6 is 51.5 Å². The van der Waals surface area contributed by atoms with Gasteiger partial charge in [0.15, 0.2) is 11.5 Å². The van der Waals surface area contributed by atoms with Crippen LogP contribution in [0.25, 0.3) is 0 Å². The number of allylic oxidation sites excluding steroid dienone is 1. The third-order valence-electron chi connectivity index (χ3n) is 4.99. The van der Waals surface area contributed by atoms with Gasteiger partial charge in [-0.25, -0.2) is 0 Å². The van der Waals surface area contributed by atoms with Gasteiger partial charge in [-0.2, -0.15) is 0 Å². The maximum atomic E-state index is 6.08. The summed E-state index contributed by atoms with van der Waals surface area (Å²) in [5.74, 6) is 1.38. The summed E-state index contributed by atoms with van der Waals surface area (Å²) in [5, 5.41) is 4.58. The molecule has 0 saturated heterocycles. The number of hydrogen-bond acceptors (Lipinski definition) is 3. The Hall–Kier alpha value is -0.910. The zero-order valence-corrected chi connectivity index (χ0v) is 20.9. The van der Waals surface area contributed by atoms with Crippen LogP contribution in [0.3, 0.4) is 0 Å². The predicted octanol–water partition coefficient (Wildman–Crippen LogP) is 7.75. The fourth-order valence-corrected chi connectivity index (χ4v) is 4.34. The molecule has 0 radical (unpaired) electrons. The normalized spacial score (nSPS) is 13.4. The molecule has 164 valence electrons. The van der Waals surface area contributed by atoms with Crippen LogP contribution in [0.4, 0.5) is 0 Å². The molecule has 2 aromatic rings. The molecule has 0 amide bonds. The predicted molar refractivity (Wildman–Crippen MR) is 132 cm³/mol. The topological polar surface area (TPSA) is 30.5 Å². The summed E-state index contributed by atoms with van der Waals surface area (Å²) in [6.07, 6.45) is 8.70. The average Bonchev–Trinajstić information content (AvgIpc) is 2.73. The minimum atomic E-state index is 0. The summed E-state index contributed by atoms with van der Waals surface area (Å²) in [6.45, 7) is 2.15. The van der Waals surface area contributed by atoms with E-state index in [1.54, 1.807) is 18.7 Å². The molecule has 0 saturated carbocycles. The van der Waals surface area contributed by atoms with Crippen LogP contribution in [0.1, 0.15) is 43.2 Å². The Morgan fingerprint density at radius 3 is 2.60 bits per heavy atom. The average molecular weight is 536 g/mol. The van der Waals surface area contributed by atoms with Crippen LogP contribution in [0.2, 0.25) is 10.0 Å². The quantitative estimate of drug-likeness (QED) is 0.263. The monoisotopic (exact) mass is 533 g/mol. The summed E-state index contributed by atoms with van der Waals surface area (Å²) < 4.78 is 12.4. The first kappa shape index (κ1) is 25.4. The molecule has 1 aliphatic carbocycles. The van der Waals surface area contributed by atoms with E-state index in [1.165, 1.54) is 25.7 Å². The van der Waals surface area contributed by atoms with Crippen molar-refractivity contribution in [2.24, 2.45) is 0 Å². The maximum Gasteiger partial charge on any atom is 0.175 e. The lowest BCUT2D eigenvalue weighted by Gasteiger charge is -2.16. The van der Waals surface area contributed by atoms with Crippen molar-refractivity contribution in [1.82, 2.24) is 5.32 Å². The lowest BCUT2D eigenvalue weighted by molar-refractivity contribution is 0.282. The van der Waals surface area contributed by atoms with Gasteiger partial charge in [0.05, 0.1) is 21.6 Å². The fraction of sp³-hybridized carbons (Fsp3) is 0.391. The van der Waals surface area contributed by atoms with Crippen molar-refractivity contribution in [3.8, 4) is 11.5 Å². The number of ether oxygens (including phenoxy) is 2. The Morgan fingerprint density at radius 2 is 1.90 bits per heavy atom. The maximum absolute atomic E-state index is 6.08. The molecule has 3 rings (SSSR count). The highest BCUT2D eigenvalue weighted by atomic mass is 79.9. The SMILES string of the molecule is COc1cc(CNCCC2=CCCCC2)cc(Br)c1OCc1ccc(Cl)c(Cl)c1.Cl. The molecule has 1 aliphatic rings. The third-order valence-corrected chi connectivity index (χ3v) is 6.32. The largest absolute Gasteiger partial charge is 0.493 e.